The maximum absolute atomic E-state index is 13.8. The zero-order valence-corrected chi connectivity index (χ0v) is 24.1. The highest BCUT2D eigenvalue weighted by molar-refractivity contribution is 5.82. The summed E-state index contributed by atoms with van der Waals surface area (Å²) in [5, 5.41) is 15.5. The van der Waals surface area contributed by atoms with Crippen molar-refractivity contribution >= 4 is 12.0 Å². The summed E-state index contributed by atoms with van der Waals surface area (Å²) >= 11 is 0. The topological polar surface area (TPSA) is 88.6 Å². The van der Waals surface area contributed by atoms with Gasteiger partial charge in [0.15, 0.2) is 0 Å². The Morgan fingerprint density at radius 3 is 1.74 bits per heavy atom. The van der Waals surface area contributed by atoms with E-state index >= 15 is 0 Å². The van der Waals surface area contributed by atoms with Gasteiger partial charge in [0.05, 0.1) is 6.21 Å². The molecular weight excluding hydrogens is 476 g/mol. The van der Waals surface area contributed by atoms with E-state index in [9.17, 15) is 14.7 Å². The van der Waals surface area contributed by atoms with Crippen molar-refractivity contribution in [2.45, 2.75) is 129 Å². The summed E-state index contributed by atoms with van der Waals surface area (Å²) < 4.78 is 3.30. The standard InChI is InChI=1S/C31H46N4O3/c1-30(2,3)24-17-21(18-25(28(24)37)31(4,5)6)20-32-33-26-19-27(36)35(23-15-11-8-12-16-23)29(38)34(26)22-13-9-7-10-14-22/h17-20,22-23,33,37H,7-16H2,1-6H3/b32-20+. The smallest absolute Gasteiger partial charge is 0.333 e. The van der Waals surface area contributed by atoms with E-state index in [1.807, 2.05) is 12.1 Å². The van der Waals surface area contributed by atoms with Crippen molar-refractivity contribution in [3.05, 3.63) is 55.7 Å². The molecule has 4 rings (SSSR count). The lowest BCUT2D eigenvalue weighted by molar-refractivity contribution is 0.302. The molecule has 1 heterocycles. The number of nitrogens with one attached hydrogen (secondary N) is 1. The van der Waals surface area contributed by atoms with E-state index in [-0.39, 0.29) is 34.2 Å². The molecule has 0 amide bonds. The third kappa shape index (κ3) is 6.08. The van der Waals surface area contributed by atoms with Crippen LogP contribution < -0.4 is 16.7 Å². The largest absolute Gasteiger partial charge is 0.507 e. The Balaban J connectivity index is 1.73. The van der Waals surface area contributed by atoms with Crippen molar-refractivity contribution < 1.29 is 5.11 Å². The Hall–Kier alpha value is -2.83. The van der Waals surface area contributed by atoms with Crippen molar-refractivity contribution in [2.24, 2.45) is 5.10 Å². The number of nitrogens with zero attached hydrogens (tertiary/aromatic N) is 3. The molecule has 0 saturated heterocycles. The van der Waals surface area contributed by atoms with Crippen molar-refractivity contribution in [1.82, 2.24) is 9.13 Å². The molecule has 38 heavy (non-hydrogen) atoms. The third-order valence-corrected chi connectivity index (χ3v) is 8.19. The third-order valence-electron chi connectivity index (χ3n) is 8.19. The Bertz CT molecular complexity index is 1240. The summed E-state index contributed by atoms with van der Waals surface area (Å²) in [6, 6.07) is 5.54. The predicted octanol–water partition coefficient (Wildman–Crippen LogP) is 6.77. The number of phenols is 1. The second kappa shape index (κ2) is 11.1. The van der Waals surface area contributed by atoms with Crippen LogP contribution in [0.3, 0.4) is 0 Å². The highest BCUT2D eigenvalue weighted by Crippen LogP contribution is 2.39. The van der Waals surface area contributed by atoms with Crippen LogP contribution in [-0.2, 0) is 10.8 Å². The monoisotopic (exact) mass is 522 g/mol. The molecule has 208 valence electrons. The number of hydrogen-bond donors (Lipinski definition) is 2. The van der Waals surface area contributed by atoms with Gasteiger partial charge >= 0.3 is 5.69 Å². The predicted molar refractivity (Wildman–Crippen MR) is 156 cm³/mol. The Morgan fingerprint density at radius 2 is 1.26 bits per heavy atom. The molecule has 0 unspecified atom stereocenters. The van der Waals surface area contributed by atoms with E-state index in [1.165, 1.54) is 17.4 Å². The number of anilines is 1. The number of aromatic hydroxyl groups is 1. The van der Waals surface area contributed by atoms with E-state index < -0.39 is 0 Å². The molecule has 0 atom stereocenters. The first-order chi connectivity index (χ1) is 17.9. The summed E-state index contributed by atoms with van der Waals surface area (Å²) in [5.74, 6) is 0.786. The molecule has 2 aliphatic carbocycles. The van der Waals surface area contributed by atoms with Gasteiger partial charge in [-0.15, -0.1) is 0 Å². The van der Waals surface area contributed by atoms with Gasteiger partial charge in [0, 0.05) is 29.3 Å². The normalized spacial score (nSPS) is 18.3. The summed E-state index contributed by atoms with van der Waals surface area (Å²) in [6.07, 6.45) is 12.0. The van der Waals surface area contributed by atoms with Crippen LogP contribution in [0.25, 0.3) is 0 Å². The van der Waals surface area contributed by atoms with E-state index in [0.29, 0.717) is 11.6 Å². The molecule has 7 heteroatoms. The molecule has 7 nitrogen and oxygen atoms in total. The highest BCUT2D eigenvalue weighted by Gasteiger charge is 2.27. The van der Waals surface area contributed by atoms with Crippen LogP contribution in [0.15, 0.2) is 32.9 Å². The van der Waals surface area contributed by atoms with Crippen molar-refractivity contribution in [1.29, 1.82) is 0 Å². The molecule has 2 N–H and O–H groups in total. The summed E-state index contributed by atoms with van der Waals surface area (Å²) in [5.41, 5.74) is 4.69. The number of rotatable bonds is 5. The maximum Gasteiger partial charge on any atom is 0.333 e. The number of benzene rings is 1. The fraction of sp³-hybridized carbons (Fsp3) is 0.645. The lowest BCUT2D eigenvalue weighted by atomic mass is 9.78. The van der Waals surface area contributed by atoms with Crippen LogP contribution in [-0.4, -0.2) is 20.5 Å². The summed E-state index contributed by atoms with van der Waals surface area (Å²) in [7, 11) is 0. The van der Waals surface area contributed by atoms with Crippen LogP contribution in [0.1, 0.15) is 135 Å². The van der Waals surface area contributed by atoms with Crippen LogP contribution in [0.4, 0.5) is 5.82 Å². The van der Waals surface area contributed by atoms with Crippen molar-refractivity contribution in [3.8, 4) is 5.75 Å². The average Bonchev–Trinajstić information content (AvgIpc) is 2.84. The first-order valence-corrected chi connectivity index (χ1v) is 14.4. The van der Waals surface area contributed by atoms with E-state index in [1.54, 1.807) is 16.8 Å². The van der Waals surface area contributed by atoms with Gasteiger partial charge in [-0.2, -0.15) is 5.10 Å². The molecular formula is C31H46N4O3. The minimum Gasteiger partial charge on any atom is -0.507 e. The maximum atomic E-state index is 13.8. The lowest BCUT2D eigenvalue weighted by Crippen LogP contribution is -2.44. The first kappa shape index (κ1) is 28.2. The molecule has 2 saturated carbocycles. The van der Waals surface area contributed by atoms with E-state index in [4.69, 9.17) is 0 Å². The molecule has 0 radical (unpaired) electrons. The number of hydrogen-bond acceptors (Lipinski definition) is 5. The zero-order chi connectivity index (χ0) is 27.7. The van der Waals surface area contributed by atoms with E-state index in [0.717, 1.165) is 68.1 Å². The van der Waals surface area contributed by atoms with Crippen LogP contribution in [0, 0.1) is 0 Å². The minimum absolute atomic E-state index is 0.0141. The van der Waals surface area contributed by atoms with Gasteiger partial charge in [-0.3, -0.25) is 19.4 Å². The van der Waals surface area contributed by atoms with Crippen molar-refractivity contribution in [2.75, 3.05) is 5.43 Å². The number of phenolic OH excluding ortho intramolecular Hbond substituents is 1. The fourth-order valence-corrected chi connectivity index (χ4v) is 6.07. The van der Waals surface area contributed by atoms with Crippen LogP contribution in [0.5, 0.6) is 5.75 Å². The van der Waals surface area contributed by atoms with Gasteiger partial charge in [0.25, 0.3) is 5.56 Å². The van der Waals surface area contributed by atoms with Crippen molar-refractivity contribution in [3.63, 3.8) is 0 Å². The van der Waals surface area contributed by atoms with Gasteiger partial charge in [-0.25, -0.2) is 4.79 Å². The Morgan fingerprint density at radius 1 is 0.789 bits per heavy atom. The molecule has 1 aromatic heterocycles. The van der Waals surface area contributed by atoms with Gasteiger partial charge in [-0.05, 0) is 54.2 Å². The number of hydrazone groups is 1. The fourth-order valence-electron chi connectivity index (χ4n) is 6.07. The van der Waals surface area contributed by atoms with Gasteiger partial charge < -0.3 is 5.11 Å². The van der Waals surface area contributed by atoms with Gasteiger partial charge in [0.2, 0.25) is 0 Å². The highest BCUT2D eigenvalue weighted by atomic mass is 16.3. The minimum atomic E-state index is -0.249. The first-order valence-electron chi connectivity index (χ1n) is 14.4. The summed E-state index contributed by atoms with van der Waals surface area (Å²) in [6.45, 7) is 12.5. The Kier molecular flexibility index (Phi) is 8.24. The molecule has 1 aromatic carbocycles. The van der Waals surface area contributed by atoms with E-state index in [2.05, 4.69) is 52.1 Å². The SMILES string of the molecule is CC(C)(C)c1cc(/C=N/Nc2cc(=O)n(C3CCCCC3)c(=O)n2C2CCCCC2)cc(C(C)(C)C)c1O. The molecule has 2 fully saturated rings. The summed E-state index contributed by atoms with van der Waals surface area (Å²) in [4.78, 5) is 27.0. The number of aromatic nitrogens is 2. The second-order valence-electron chi connectivity index (χ2n) is 13.3. The molecule has 2 aliphatic rings. The lowest BCUT2D eigenvalue weighted by Gasteiger charge is -2.29. The molecule has 0 aliphatic heterocycles. The Labute approximate surface area is 227 Å². The van der Waals surface area contributed by atoms with Gasteiger partial charge in [-0.1, -0.05) is 80.1 Å². The quantitative estimate of drug-likeness (QED) is 0.335. The average molecular weight is 523 g/mol. The van der Waals surface area contributed by atoms with Gasteiger partial charge in [0.1, 0.15) is 11.6 Å². The van der Waals surface area contributed by atoms with Crippen LogP contribution in [0.2, 0.25) is 0 Å². The second-order valence-corrected chi connectivity index (χ2v) is 13.3. The molecule has 0 bridgehead atoms. The zero-order valence-electron chi connectivity index (χ0n) is 24.1. The van der Waals surface area contributed by atoms with Crippen LogP contribution >= 0.6 is 0 Å². The molecule has 0 spiro atoms. The molecule has 2 aromatic rings.